The zero-order valence-corrected chi connectivity index (χ0v) is 13.7. The van der Waals surface area contributed by atoms with Crippen LogP contribution >= 0.6 is 0 Å². The number of hydrogen-bond acceptors (Lipinski definition) is 6. The van der Waals surface area contributed by atoms with Gasteiger partial charge in [0, 0.05) is 18.0 Å². The number of anilines is 1. The fraction of sp³-hybridized carbons (Fsp3) is 0.105. The first kappa shape index (κ1) is 16.4. The van der Waals surface area contributed by atoms with Crippen LogP contribution in [0.3, 0.4) is 0 Å². The fourth-order valence-corrected chi connectivity index (χ4v) is 2.19. The molecule has 0 bridgehead atoms. The van der Waals surface area contributed by atoms with Crippen molar-refractivity contribution in [3.05, 3.63) is 72.2 Å². The number of ether oxygens (including phenoxy) is 1. The maximum absolute atomic E-state index is 11.8. The fourth-order valence-electron chi connectivity index (χ4n) is 2.19. The maximum Gasteiger partial charge on any atom is 0.338 e. The number of hydrazone groups is 1. The van der Waals surface area contributed by atoms with E-state index < -0.39 is 0 Å². The van der Waals surface area contributed by atoms with E-state index in [1.165, 1.54) is 0 Å². The van der Waals surface area contributed by atoms with E-state index in [-0.39, 0.29) is 5.97 Å². The number of nitrogens with one attached hydrogen (secondary N) is 1. The third-order valence-corrected chi connectivity index (χ3v) is 3.35. The molecule has 25 heavy (non-hydrogen) atoms. The van der Waals surface area contributed by atoms with Gasteiger partial charge in [-0.1, -0.05) is 12.1 Å². The lowest BCUT2D eigenvalue weighted by molar-refractivity contribution is 0.0526. The van der Waals surface area contributed by atoms with Crippen molar-refractivity contribution in [3.8, 4) is 11.3 Å². The predicted octanol–water partition coefficient (Wildman–Crippen LogP) is 3.96. The minimum Gasteiger partial charge on any atom is -0.462 e. The lowest BCUT2D eigenvalue weighted by Crippen LogP contribution is -2.04. The molecule has 0 aliphatic heterocycles. The van der Waals surface area contributed by atoms with Crippen LogP contribution in [0, 0.1) is 0 Å². The highest BCUT2D eigenvalue weighted by Crippen LogP contribution is 2.23. The molecule has 1 N–H and O–H groups in total. The Morgan fingerprint density at radius 1 is 1.24 bits per heavy atom. The number of nitrogens with zero attached hydrogens (tertiary/aromatic N) is 2. The van der Waals surface area contributed by atoms with Crippen LogP contribution in [0.2, 0.25) is 0 Å². The van der Waals surface area contributed by atoms with Gasteiger partial charge in [0.1, 0.15) is 11.5 Å². The summed E-state index contributed by atoms with van der Waals surface area (Å²) in [5.41, 5.74) is 5.01. The summed E-state index contributed by atoms with van der Waals surface area (Å²) in [7, 11) is 0. The van der Waals surface area contributed by atoms with E-state index in [1.54, 1.807) is 43.7 Å². The van der Waals surface area contributed by atoms with Crippen molar-refractivity contribution in [1.82, 2.24) is 4.98 Å². The Balaban J connectivity index is 1.71. The van der Waals surface area contributed by atoms with Crippen molar-refractivity contribution in [2.24, 2.45) is 5.10 Å². The van der Waals surface area contributed by atoms with Crippen LogP contribution in [0.15, 0.2) is 70.4 Å². The molecule has 126 valence electrons. The Bertz CT molecular complexity index is 872. The molecule has 0 unspecified atom stereocenters. The van der Waals surface area contributed by atoms with Gasteiger partial charge in [0.25, 0.3) is 0 Å². The van der Waals surface area contributed by atoms with E-state index in [2.05, 4.69) is 15.5 Å². The highest BCUT2D eigenvalue weighted by molar-refractivity contribution is 5.91. The van der Waals surface area contributed by atoms with Crippen molar-refractivity contribution in [2.75, 3.05) is 12.0 Å². The summed E-state index contributed by atoms with van der Waals surface area (Å²) in [6.07, 6.45) is 4.94. The minimum atomic E-state index is -0.348. The summed E-state index contributed by atoms with van der Waals surface area (Å²) in [5.74, 6) is 0.897. The molecule has 0 aliphatic carbocycles. The zero-order chi connectivity index (χ0) is 17.5. The van der Waals surface area contributed by atoms with E-state index in [0.717, 1.165) is 11.3 Å². The first-order valence-electron chi connectivity index (χ1n) is 7.83. The SMILES string of the molecule is CCOC(=O)c1cccc(-c2ccc(/C=N/Nc3ccncc3)o2)c1. The summed E-state index contributed by atoms with van der Waals surface area (Å²) >= 11 is 0. The van der Waals surface area contributed by atoms with Crippen LogP contribution < -0.4 is 5.43 Å². The van der Waals surface area contributed by atoms with E-state index in [0.29, 0.717) is 23.7 Å². The van der Waals surface area contributed by atoms with E-state index in [9.17, 15) is 4.79 Å². The second-order valence-corrected chi connectivity index (χ2v) is 5.11. The second kappa shape index (κ2) is 7.92. The van der Waals surface area contributed by atoms with Crippen molar-refractivity contribution >= 4 is 17.9 Å². The number of aromatic nitrogens is 1. The Morgan fingerprint density at radius 3 is 2.88 bits per heavy atom. The average molecular weight is 335 g/mol. The van der Waals surface area contributed by atoms with Gasteiger partial charge in [-0.3, -0.25) is 10.4 Å². The maximum atomic E-state index is 11.8. The van der Waals surface area contributed by atoms with Gasteiger partial charge < -0.3 is 9.15 Å². The van der Waals surface area contributed by atoms with Crippen molar-refractivity contribution in [3.63, 3.8) is 0 Å². The Kier molecular flexibility index (Phi) is 5.21. The zero-order valence-electron chi connectivity index (χ0n) is 13.7. The number of esters is 1. The third-order valence-electron chi connectivity index (χ3n) is 3.35. The molecule has 1 aromatic carbocycles. The summed E-state index contributed by atoms with van der Waals surface area (Å²) in [4.78, 5) is 15.8. The molecule has 0 spiro atoms. The van der Waals surface area contributed by atoms with Crippen molar-refractivity contribution in [2.45, 2.75) is 6.92 Å². The number of carbonyl (C=O) groups excluding carboxylic acids is 1. The van der Waals surface area contributed by atoms with Crippen molar-refractivity contribution < 1.29 is 13.9 Å². The molecule has 0 aliphatic rings. The molecule has 3 rings (SSSR count). The predicted molar refractivity (Wildman–Crippen MR) is 95.6 cm³/mol. The summed E-state index contributed by atoms with van der Waals surface area (Å²) < 4.78 is 10.8. The number of benzene rings is 1. The first-order chi connectivity index (χ1) is 12.3. The first-order valence-corrected chi connectivity index (χ1v) is 7.83. The molecule has 2 aromatic heterocycles. The normalized spacial score (nSPS) is 10.8. The number of furan rings is 1. The lowest BCUT2D eigenvalue weighted by atomic mass is 10.1. The monoisotopic (exact) mass is 335 g/mol. The topological polar surface area (TPSA) is 76.7 Å². The van der Waals surface area contributed by atoms with Gasteiger partial charge in [0.15, 0.2) is 0 Å². The highest BCUT2D eigenvalue weighted by atomic mass is 16.5. The number of carbonyl (C=O) groups is 1. The molecular formula is C19H17N3O3. The number of hydrogen-bond donors (Lipinski definition) is 1. The number of rotatable bonds is 6. The second-order valence-electron chi connectivity index (χ2n) is 5.11. The van der Waals surface area contributed by atoms with E-state index in [4.69, 9.17) is 9.15 Å². The molecule has 2 heterocycles. The third kappa shape index (κ3) is 4.32. The van der Waals surface area contributed by atoms with Crippen LogP contribution in [0.4, 0.5) is 5.69 Å². The van der Waals surface area contributed by atoms with E-state index >= 15 is 0 Å². The van der Waals surface area contributed by atoms with Gasteiger partial charge in [-0.05, 0) is 43.3 Å². The molecule has 0 saturated carbocycles. The van der Waals surface area contributed by atoms with Crippen LogP contribution in [0.1, 0.15) is 23.0 Å². The van der Waals surface area contributed by atoms with Crippen LogP contribution in [-0.2, 0) is 4.74 Å². The van der Waals surface area contributed by atoms with Gasteiger partial charge >= 0.3 is 5.97 Å². The molecular weight excluding hydrogens is 318 g/mol. The van der Waals surface area contributed by atoms with Gasteiger partial charge in [0.2, 0.25) is 0 Å². The summed E-state index contributed by atoms with van der Waals surface area (Å²) in [6.45, 7) is 2.12. The molecule has 0 amide bonds. The van der Waals surface area contributed by atoms with Crippen LogP contribution in [0.5, 0.6) is 0 Å². The van der Waals surface area contributed by atoms with Gasteiger partial charge in [-0.15, -0.1) is 0 Å². The standard InChI is InChI=1S/C19H17N3O3/c1-2-24-19(23)15-5-3-4-14(12-15)18-7-6-17(25-18)13-21-22-16-8-10-20-11-9-16/h3-13H,2H2,1H3,(H,20,22)/b21-13+. The Morgan fingerprint density at radius 2 is 2.08 bits per heavy atom. The van der Waals surface area contributed by atoms with Gasteiger partial charge in [-0.2, -0.15) is 5.10 Å². The molecule has 0 atom stereocenters. The largest absolute Gasteiger partial charge is 0.462 e. The summed E-state index contributed by atoms with van der Waals surface area (Å²) in [5, 5.41) is 4.12. The number of pyridine rings is 1. The molecule has 0 radical (unpaired) electrons. The van der Waals surface area contributed by atoms with Gasteiger partial charge in [0.05, 0.1) is 24.1 Å². The quantitative estimate of drug-likeness (QED) is 0.419. The Labute approximate surface area is 145 Å². The molecule has 0 saturated heterocycles. The molecule has 0 fully saturated rings. The summed E-state index contributed by atoms with van der Waals surface area (Å²) in [6, 6.07) is 14.4. The van der Waals surface area contributed by atoms with Crippen LogP contribution in [-0.4, -0.2) is 23.8 Å². The molecule has 6 nitrogen and oxygen atoms in total. The molecule has 3 aromatic rings. The van der Waals surface area contributed by atoms with Gasteiger partial charge in [-0.25, -0.2) is 4.79 Å². The smallest absolute Gasteiger partial charge is 0.338 e. The van der Waals surface area contributed by atoms with Crippen molar-refractivity contribution in [1.29, 1.82) is 0 Å². The Hall–Kier alpha value is -3.41. The minimum absolute atomic E-state index is 0.342. The van der Waals surface area contributed by atoms with Crippen LogP contribution in [0.25, 0.3) is 11.3 Å². The average Bonchev–Trinajstić information content (AvgIpc) is 3.12. The molecule has 6 heteroatoms. The van der Waals surface area contributed by atoms with E-state index in [1.807, 2.05) is 30.3 Å². The lowest BCUT2D eigenvalue weighted by Gasteiger charge is -2.03. The highest BCUT2D eigenvalue weighted by Gasteiger charge is 2.09.